The SMILES string of the molecule is CC(/C=N/n1c(-c2ccc(Cl)cc2)n[nH]c1=S)=C\c1ccccc1. The number of benzene rings is 2. The Hall–Kier alpha value is -2.50. The first-order chi connectivity index (χ1) is 11.6. The predicted molar refractivity (Wildman–Crippen MR) is 102 cm³/mol. The largest absolute Gasteiger partial charge is 0.250 e. The van der Waals surface area contributed by atoms with E-state index in [1.807, 2.05) is 61.5 Å². The van der Waals surface area contributed by atoms with Gasteiger partial charge >= 0.3 is 0 Å². The van der Waals surface area contributed by atoms with E-state index >= 15 is 0 Å². The van der Waals surface area contributed by atoms with Crippen LogP contribution in [0.3, 0.4) is 0 Å². The van der Waals surface area contributed by atoms with Gasteiger partial charge in [0.1, 0.15) is 0 Å². The normalized spacial score (nSPS) is 12.0. The smallest absolute Gasteiger partial charge is 0.216 e. The van der Waals surface area contributed by atoms with Gasteiger partial charge in [-0.1, -0.05) is 48.0 Å². The lowest BCUT2D eigenvalue weighted by atomic mass is 10.1. The molecular weight excluding hydrogens is 340 g/mol. The van der Waals surface area contributed by atoms with E-state index in [0.717, 1.165) is 16.7 Å². The van der Waals surface area contributed by atoms with Gasteiger partial charge in [0.25, 0.3) is 0 Å². The number of aromatic nitrogens is 3. The maximum absolute atomic E-state index is 5.93. The summed E-state index contributed by atoms with van der Waals surface area (Å²) in [5, 5.41) is 12.1. The topological polar surface area (TPSA) is 46.0 Å². The highest BCUT2D eigenvalue weighted by Gasteiger charge is 2.07. The van der Waals surface area contributed by atoms with Gasteiger partial charge in [0.15, 0.2) is 5.82 Å². The molecule has 6 heteroatoms. The van der Waals surface area contributed by atoms with Gasteiger partial charge in [0.2, 0.25) is 4.77 Å². The lowest BCUT2D eigenvalue weighted by Gasteiger charge is -2.01. The zero-order chi connectivity index (χ0) is 16.9. The molecule has 0 saturated heterocycles. The number of halogens is 1. The van der Waals surface area contributed by atoms with Gasteiger partial charge in [-0.25, -0.2) is 5.10 Å². The van der Waals surface area contributed by atoms with Crippen molar-refractivity contribution in [2.75, 3.05) is 0 Å². The number of H-pyrrole nitrogens is 1. The van der Waals surface area contributed by atoms with Gasteiger partial charge in [-0.3, -0.25) is 0 Å². The Morgan fingerprint density at radius 3 is 2.58 bits per heavy atom. The summed E-state index contributed by atoms with van der Waals surface area (Å²) in [4.78, 5) is 0. The lowest BCUT2D eigenvalue weighted by molar-refractivity contribution is 0.871. The van der Waals surface area contributed by atoms with Crippen molar-refractivity contribution in [3.05, 3.63) is 75.5 Å². The molecule has 24 heavy (non-hydrogen) atoms. The Morgan fingerprint density at radius 2 is 1.88 bits per heavy atom. The molecular formula is C18H15ClN4S. The number of rotatable bonds is 4. The summed E-state index contributed by atoms with van der Waals surface area (Å²) in [5.74, 6) is 0.639. The number of hydrogen-bond acceptors (Lipinski definition) is 3. The van der Waals surface area contributed by atoms with Crippen molar-refractivity contribution >= 4 is 36.1 Å². The number of aromatic amines is 1. The molecule has 0 aliphatic carbocycles. The Kier molecular flexibility index (Phi) is 5.03. The van der Waals surface area contributed by atoms with Crippen molar-refractivity contribution in [2.45, 2.75) is 6.92 Å². The first-order valence-electron chi connectivity index (χ1n) is 7.34. The molecule has 0 spiro atoms. The van der Waals surface area contributed by atoms with Crippen LogP contribution in [0.1, 0.15) is 12.5 Å². The van der Waals surface area contributed by atoms with Crippen molar-refractivity contribution in [2.24, 2.45) is 5.10 Å². The van der Waals surface area contributed by atoms with Crippen LogP contribution in [0, 0.1) is 4.77 Å². The second-order valence-electron chi connectivity index (χ2n) is 5.21. The molecule has 0 radical (unpaired) electrons. The second kappa shape index (κ2) is 7.38. The molecule has 1 aromatic heterocycles. The highest BCUT2D eigenvalue weighted by Crippen LogP contribution is 2.19. The fourth-order valence-corrected chi connectivity index (χ4v) is 2.49. The first kappa shape index (κ1) is 16.4. The highest BCUT2D eigenvalue weighted by atomic mass is 35.5. The zero-order valence-electron chi connectivity index (χ0n) is 13.0. The fraction of sp³-hybridized carbons (Fsp3) is 0.0556. The third-order valence-corrected chi connectivity index (χ3v) is 3.84. The molecule has 0 aliphatic heterocycles. The number of allylic oxidation sites excluding steroid dienone is 1. The van der Waals surface area contributed by atoms with Gasteiger partial charge in [0, 0.05) is 10.6 Å². The average molecular weight is 355 g/mol. The van der Waals surface area contributed by atoms with Crippen LogP contribution >= 0.6 is 23.8 Å². The summed E-state index contributed by atoms with van der Waals surface area (Å²) in [6.45, 7) is 1.99. The number of nitrogens with one attached hydrogen (secondary N) is 1. The molecule has 0 amide bonds. The minimum Gasteiger partial charge on any atom is -0.250 e. The van der Waals surface area contributed by atoms with Crippen LogP contribution in [0.15, 0.2) is 65.3 Å². The summed E-state index contributed by atoms with van der Waals surface area (Å²) >= 11 is 11.2. The molecule has 120 valence electrons. The molecule has 3 aromatic rings. The minimum atomic E-state index is 0.434. The molecule has 0 unspecified atom stereocenters. The van der Waals surface area contributed by atoms with Crippen LogP contribution in [0.2, 0.25) is 5.02 Å². The molecule has 0 aliphatic rings. The maximum Gasteiger partial charge on any atom is 0.216 e. The van der Waals surface area contributed by atoms with E-state index in [1.54, 1.807) is 10.9 Å². The van der Waals surface area contributed by atoms with Crippen molar-refractivity contribution < 1.29 is 0 Å². The third kappa shape index (κ3) is 3.88. The van der Waals surface area contributed by atoms with E-state index in [2.05, 4.69) is 21.4 Å². The minimum absolute atomic E-state index is 0.434. The van der Waals surface area contributed by atoms with Crippen LogP contribution < -0.4 is 0 Å². The molecule has 1 heterocycles. The summed E-state index contributed by atoms with van der Waals surface area (Å²) in [6.07, 6.45) is 3.81. The Bertz CT molecular complexity index is 937. The molecule has 0 bridgehead atoms. The quantitative estimate of drug-likeness (QED) is 0.517. The maximum atomic E-state index is 5.93. The number of hydrogen-bond donors (Lipinski definition) is 1. The summed E-state index contributed by atoms with van der Waals surface area (Å²) in [5.41, 5.74) is 3.01. The fourth-order valence-electron chi connectivity index (χ4n) is 2.18. The molecule has 0 saturated carbocycles. The van der Waals surface area contributed by atoms with Crippen molar-refractivity contribution in [3.8, 4) is 11.4 Å². The van der Waals surface area contributed by atoms with E-state index in [9.17, 15) is 0 Å². The molecule has 2 aromatic carbocycles. The van der Waals surface area contributed by atoms with Crippen LogP contribution in [-0.4, -0.2) is 21.1 Å². The van der Waals surface area contributed by atoms with Gasteiger partial charge in [-0.05, 0) is 54.5 Å². The van der Waals surface area contributed by atoms with Gasteiger partial charge in [-0.15, -0.1) is 0 Å². The van der Waals surface area contributed by atoms with Gasteiger partial charge in [-0.2, -0.15) is 14.9 Å². The Morgan fingerprint density at radius 1 is 1.17 bits per heavy atom. The molecule has 3 rings (SSSR count). The standard InChI is InChI=1S/C18H15ClN4S/c1-13(11-14-5-3-2-4-6-14)12-20-23-17(21-22-18(23)24)15-7-9-16(19)10-8-15/h2-12H,1H3,(H,22,24)/b13-11+,20-12+. The van der Waals surface area contributed by atoms with Crippen molar-refractivity contribution in [3.63, 3.8) is 0 Å². The monoisotopic (exact) mass is 354 g/mol. The predicted octanol–water partition coefficient (Wildman–Crippen LogP) is 5.20. The zero-order valence-corrected chi connectivity index (χ0v) is 14.6. The van der Waals surface area contributed by atoms with E-state index in [-0.39, 0.29) is 0 Å². The van der Waals surface area contributed by atoms with E-state index < -0.39 is 0 Å². The summed E-state index contributed by atoms with van der Waals surface area (Å²) in [6, 6.07) is 17.5. The van der Waals surface area contributed by atoms with Crippen LogP contribution in [0.25, 0.3) is 17.5 Å². The van der Waals surface area contributed by atoms with E-state index in [1.165, 1.54) is 0 Å². The number of nitrogens with zero attached hydrogens (tertiary/aromatic N) is 3. The molecule has 0 fully saturated rings. The van der Waals surface area contributed by atoms with Crippen molar-refractivity contribution in [1.29, 1.82) is 0 Å². The first-order valence-corrected chi connectivity index (χ1v) is 8.13. The van der Waals surface area contributed by atoms with Gasteiger partial charge < -0.3 is 0 Å². The van der Waals surface area contributed by atoms with Crippen LogP contribution in [-0.2, 0) is 0 Å². The highest BCUT2D eigenvalue weighted by molar-refractivity contribution is 7.71. The molecule has 4 nitrogen and oxygen atoms in total. The average Bonchev–Trinajstić information content (AvgIpc) is 2.95. The second-order valence-corrected chi connectivity index (χ2v) is 6.04. The van der Waals surface area contributed by atoms with Crippen molar-refractivity contribution in [1.82, 2.24) is 14.9 Å². The van der Waals surface area contributed by atoms with E-state index in [4.69, 9.17) is 23.8 Å². The molecule has 1 N–H and O–H groups in total. The third-order valence-electron chi connectivity index (χ3n) is 3.32. The lowest BCUT2D eigenvalue weighted by Crippen LogP contribution is -1.94. The molecule has 0 atom stereocenters. The summed E-state index contributed by atoms with van der Waals surface area (Å²) < 4.78 is 2.03. The Balaban J connectivity index is 1.90. The van der Waals surface area contributed by atoms with Crippen LogP contribution in [0.4, 0.5) is 0 Å². The Labute approximate surface area is 150 Å². The van der Waals surface area contributed by atoms with Crippen LogP contribution in [0.5, 0.6) is 0 Å². The van der Waals surface area contributed by atoms with E-state index in [0.29, 0.717) is 15.6 Å². The summed E-state index contributed by atoms with van der Waals surface area (Å²) in [7, 11) is 0. The van der Waals surface area contributed by atoms with Gasteiger partial charge in [0.05, 0.1) is 6.21 Å².